The summed E-state index contributed by atoms with van der Waals surface area (Å²) in [5.74, 6) is 1.23. The molecule has 3 aromatic rings. The highest BCUT2D eigenvalue weighted by molar-refractivity contribution is 8.13. The fraction of sp³-hybridized carbons (Fsp3) is 0.318. The van der Waals surface area contributed by atoms with Crippen LogP contribution in [0.3, 0.4) is 0 Å². The van der Waals surface area contributed by atoms with Gasteiger partial charge in [-0.25, -0.2) is 14.1 Å². The topological polar surface area (TPSA) is 111 Å². The molecule has 1 unspecified atom stereocenters. The monoisotopic (exact) mass is 455 g/mol. The molecular formula is C22H26FN7OS. The number of carbonyl (C=O) groups excluding carboxylic acids is 1. The number of rotatable bonds is 4. The van der Waals surface area contributed by atoms with Crippen molar-refractivity contribution in [1.29, 1.82) is 0 Å². The Morgan fingerprint density at radius 3 is 2.56 bits per heavy atom. The molecule has 0 aliphatic carbocycles. The first-order chi connectivity index (χ1) is 15.2. The van der Waals surface area contributed by atoms with Gasteiger partial charge in [0.15, 0.2) is 11.0 Å². The predicted octanol–water partition coefficient (Wildman–Crippen LogP) is 3.65. The summed E-state index contributed by atoms with van der Waals surface area (Å²) in [6.45, 7) is 7.73. The summed E-state index contributed by atoms with van der Waals surface area (Å²) < 4.78 is 15.7. The second kappa shape index (κ2) is 9.90. The zero-order valence-electron chi connectivity index (χ0n) is 18.5. The number of aliphatic imine (C=N–C) groups is 1. The Balaban J connectivity index is 0.000000186. The molecule has 2 aromatic heterocycles. The van der Waals surface area contributed by atoms with E-state index in [1.54, 1.807) is 23.1 Å². The van der Waals surface area contributed by atoms with Crippen molar-refractivity contribution >= 4 is 29.0 Å². The fourth-order valence-electron chi connectivity index (χ4n) is 3.33. The van der Waals surface area contributed by atoms with Crippen molar-refractivity contribution in [3.63, 3.8) is 0 Å². The molecular weight excluding hydrogens is 429 g/mol. The van der Waals surface area contributed by atoms with Gasteiger partial charge in [-0.15, -0.1) is 0 Å². The number of hydrogen-bond acceptors (Lipinski definition) is 7. The third-order valence-electron chi connectivity index (χ3n) is 4.96. The predicted molar refractivity (Wildman–Crippen MR) is 126 cm³/mol. The molecule has 1 atom stereocenters. The smallest absolute Gasteiger partial charge is 0.211 e. The van der Waals surface area contributed by atoms with E-state index in [1.165, 1.54) is 23.9 Å². The Hall–Kier alpha value is -3.27. The van der Waals surface area contributed by atoms with Crippen LogP contribution < -0.4 is 11.1 Å². The van der Waals surface area contributed by atoms with E-state index in [4.69, 9.17) is 5.73 Å². The minimum Gasteiger partial charge on any atom is -0.379 e. The second-order valence-electron chi connectivity index (χ2n) is 7.63. The van der Waals surface area contributed by atoms with Crippen LogP contribution in [0.4, 0.5) is 10.1 Å². The van der Waals surface area contributed by atoms with Crippen LogP contribution in [0.5, 0.6) is 0 Å². The summed E-state index contributed by atoms with van der Waals surface area (Å²) in [5.41, 5.74) is 9.03. The molecule has 4 rings (SSSR count). The van der Waals surface area contributed by atoms with E-state index in [0.29, 0.717) is 29.2 Å². The number of nitrogens with zero attached hydrogens (tertiary/aromatic N) is 5. The van der Waals surface area contributed by atoms with Crippen LogP contribution in [0.25, 0.3) is 5.82 Å². The Labute approximate surface area is 190 Å². The zero-order valence-corrected chi connectivity index (χ0v) is 19.3. The molecule has 0 fully saturated rings. The van der Waals surface area contributed by atoms with Gasteiger partial charge in [0.1, 0.15) is 5.82 Å². The zero-order chi connectivity index (χ0) is 23.3. The largest absolute Gasteiger partial charge is 0.379 e. The van der Waals surface area contributed by atoms with E-state index < -0.39 is 5.54 Å². The number of amidine groups is 1. The Morgan fingerprint density at radius 2 is 1.97 bits per heavy atom. The summed E-state index contributed by atoms with van der Waals surface area (Å²) in [4.78, 5) is 23.2. The molecule has 0 saturated carbocycles. The van der Waals surface area contributed by atoms with Crippen molar-refractivity contribution in [3.05, 3.63) is 65.1 Å². The first-order valence-corrected chi connectivity index (χ1v) is 11.0. The molecule has 0 radical (unpaired) electrons. The van der Waals surface area contributed by atoms with E-state index in [0.717, 1.165) is 28.7 Å². The molecule has 0 saturated heterocycles. The quantitative estimate of drug-likeness (QED) is 0.581. The number of thioether (sulfide) groups is 1. The lowest BCUT2D eigenvalue weighted by molar-refractivity contribution is -0.105. The first-order valence-electron chi connectivity index (χ1n) is 10.0. The van der Waals surface area contributed by atoms with Crippen molar-refractivity contribution in [3.8, 4) is 5.82 Å². The van der Waals surface area contributed by atoms with Gasteiger partial charge >= 0.3 is 0 Å². The molecule has 3 heterocycles. The molecule has 1 aromatic carbocycles. The molecule has 1 aliphatic rings. The Kier molecular flexibility index (Phi) is 7.24. The number of aromatic nitrogens is 4. The molecule has 3 N–H and O–H groups in total. The maximum atomic E-state index is 13.9. The number of halogens is 1. The lowest BCUT2D eigenvalue weighted by Gasteiger charge is -2.30. The van der Waals surface area contributed by atoms with Crippen LogP contribution in [0.2, 0.25) is 0 Å². The normalized spacial score (nSPS) is 17.7. The Morgan fingerprint density at radius 1 is 1.19 bits per heavy atom. The van der Waals surface area contributed by atoms with E-state index in [1.807, 2.05) is 33.8 Å². The van der Waals surface area contributed by atoms with Crippen LogP contribution in [-0.2, 0) is 10.3 Å². The third-order valence-corrected chi connectivity index (χ3v) is 5.76. The second-order valence-corrected chi connectivity index (χ2v) is 8.75. The number of carbonyl (C=O) groups is 1. The number of hydrogen-bond donors (Lipinski definition) is 2. The third kappa shape index (κ3) is 5.50. The van der Waals surface area contributed by atoms with Crippen molar-refractivity contribution in [2.75, 3.05) is 11.1 Å². The van der Waals surface area contributed by atoms with Gasteiger partial charge in [-0.1, -0.05) is 11.8 Å². The van der Waals surface area contributed by atoms with Gasteiger partial charge in [-0.3, -0.25) is 14.8 Å². The average Bonchev–Trinajstić information content (AvgIpc) is 3.08. The molecule has 1 amide bonds. The molecule has 0 bridgehead atoms. The lowest BCUT2D eigenvalue weighted by atomic mass is 9.89. The SMILES string of the molecule is CC1(c2cc(NC=O)ccc2F)CCSC(N)=N1.Cc1cnc(-n2nc(C)cc2C)cn1. The van der Waals surface area contributed by atoms with Crippen LogP contribution in [-0.4, -0.2) is 37.1 Å². The van der Waals surface area contributed by atoms with Gasteiger partial charge in [-0.05, 0) is 58.4 Å². The molecule has 1 aliphatic heterocycles. The lowest BCUT2D eigenvalue weighted by Crippen LogP contribution is -2.29. The van der Waals surface area contributed by atoms with Gasteiger partial charge < -0.3 is 11.1 Å². The van der Waals surface area contributed by atoms with Crippen molar-refractivity contribution in [2.45, 2.75) is 39.7 Å². The number of aryl methyl sites for hydroxylation is 3. The van der Waals surface area contributed by atoms with E-state index in [-0.39, 0.29) is 5.82 Å². The summed E-state index contributed by atoms with van der Waals surface area (Å²) in [6.07, 6.45) is 4.74. The van der Waals surface area contributed by atoms with Crippen LogP contribution >= 0.6 is 11.8 Å². The number of nitrogens with two attached hydrogens (primary N) is 1. The molecule has 32 heavy (non-hydrogen) atoms. The first kappa shape index (κ1) is 23.4. The molecule has 168 valence electrons. The highest BCUT2D eigenvalue weighted by atomic mass is 32.2. The van der Waals surface area contributed by atoms with Gasteiger partial charge in [0, 0.05) is 22.7 Å². The fourth-order valence-corrected chi connectivity index (χ4v) is 4.31. The van der Waals surface area contributed by atoms with Crippen molar-refractivity contribution in [1.82, 2.24) is 19.7 Å². The van der Waals surface area contributed by atoms with E-state index in [2.05, 4.69) is 25.4 Å². The summed E-state index contributed by atoms with van der Waals surface area (Å²) in [5, 5.41) is 7.30. The van der Waals surface area contributed by atoms with Crippen LogP contribution in [0, 0.1) is 26.6 Å². The summed E-state index contributed by atoms with van der Waals surface area (Å²) >= 11 is 1.47. The van der Waals surface area contributed by atoms with Gasteiger partial charge in [0.2, 0.25) is 6.41 Å². The minimum atomic E-state index is -0.667. The molecule has 10 heteroatoms. The maximum absolute atomic E-state index is 13.9. The van der Waals surface area contributed by atoms with Crippen molar-refractivity contribution < 1.29 is 9.18 Å². The van der Waals surface area contributed by atoms with E-state index >= 15 is 0 Å². The van der Waals surface area contributed by atoms with Gasteiger partial charge in [0.25, 0.3) is 0 Å². The number of amides is 1. The maximum Gasteiger partial charge on any atom is 0.211 e. The standard InChI is InChI=1S/C12H14FN3OS.C10H12N4/c1-12(4-5-18-11(14)16-12)9-6-8(15-7-17)2-3-10(9)13;1-7-4-9(3)14(13-7)10-6-11-8(2)5-12-10/h2-3,6-7H,4-5H2,1H3,(H2,14,16)(H,15,17);4-6H,1-3H3. The average molecular weight is 456 g/mol. The number of benzene rings is 1. The number of anilines is 1. The van der Waals surface area contributed by atoms with Crippen LogP contribution in [0.1, 0.15) is 36.0 Å². The minimum absolute atomic E-state index is 0.336. The molecule has 0 spiro atoms. The van der Waals surface area contributed by atoms with Crippen molar-refractivity contribution in [2.24, 2.45) is 10.7 Å². The Bertz CT molecular complexity index is 1130. The molecule has 8 nitrogen and oxygen atoms in total. The highest BCUT2D eigenvalue weighted by Crippen LogP contribution is 2.37. The highest BCUT2D eigenvalue weighted by Gasteiger charge is 2.32. The van der Waals surface area contributed by atoms with Gasteiger partial charge in [0.05, 0.1) is 29.3 Å². The summed E-state index contributed by atoms with van der Waals surface area (Å²) in [6, 6.07) is 6.47. The number of nitrogens with one attached hydrogen (secondary N) is 1. The van der Waals surface area contributed by atoms with Gasteiger partial charge in [-0.2, -0.15) is 5.10 Å². The summed E-state index contributed by atoms with van der Waals surface area (Å²) in [7, 11) is 0. The van der Waals surface area contributed by atoms with E-state index in [9.17, 15) is 9.18 Å². The van der Waals surface area contributed by atoms with Crippen LogP contribution in [0.15, 0.2) is 41.7 Å².